The van der Waals surface area contributed by atoms with E-state index in [1.807, 2.05) is 7.85 Å². The molecule has 0 bridgehead atoms. The van der Waals surface area contributed by atoms with E-state index in [2.05, 4.69) is 9.47 Å². The summed E-state index contributed by atoms with van der Waals surface area (Å²) in [5.41, 5.74) is -0.859. The van der Waals surface area contributed by atoms with E-state index in [0.29, 0.717) is 6.61 Å². The molecule has 0 atom stereocenters. The first-order chi connectivity index (χ1) is 7.08. The number of rotatable bonds is 4. The van der Waals surface area contributed by atoms with Gasteiger partial charge in [-0.05, 0) is 13.3 Å². The average molecular weight is 214 g/mol. The smallest absolute Gasteiger partial charge is 0.465 e. The molecular formula is C9H15BO5. The van der Waals surface area contributed by atoms with Crippen molar-refractivity contribution in [3.8, 4) is 0 Å². The van der Waals surface area contributed by atoms with Crippen LogP contribution < -0.4 is 0 Å². The van der Waals surface area contributed by atoms with Gasteiger partial charge in [0.15, 0.2) is 0 Å². The van der Waals surface area contributed by atoms with E-state index in [9.17, 15) is 9.59 Å². The van der Waals surface area contributed by atoms with Gasteiger partial charge in [-0.3, -0.25) is 4.79 Å². The maximum atomic E-state index is 11.6. The SMILES string of the molecule is BCCCOC(=O)C1(C)COC(=O)OC1. The van der Waals surface area contributed by atoms with Crippen LogP contribution in [0.5, 0.6) is 0 Å². The molecule has 15 heavy (non-hydrogen) atoms. The van der Waals surface area contributed by atoms with Crippen LogP contribution >= 0.6 is 0 Å². The van der Waals surface area contributed by atoms with E-state index < -0.39 is 11.6 Å². The minimum Gasteiger partial charge on any atom is -0.465 e. The predicted octanol–water partition coefficient (Wildman–Crippen LogP) is 0.144. The molecule has 0 aliphatic carbocycles. The molecule has 0 aromatic rings. The van der Waals surface area contributed by atoms with Crippen LogP contribution in [0.4, 0.5) is 4.79 Å². The third kappa shape index (κ3) is 3.14. The van der Waals surface area contributed by atoms with Gasteiger partial charge in [0.2, 0.25) is 0 Å². The molecule has 6 heteroatoms. The second-order valence-electron chi connectivity index (χ2n) is 3.88. The Labute approximate surface area is 89.5 Å². The van der Waals surface area contributed by atoms with Crippen LogP contribution in [0.1, 0.15) is 13.3 Å². The van der Waals surface area contributed by atoms with E-state index in [1.165, 1.54) is 0 Å². The molecule has 0 amide bonds. The van der Waals surface area contributed by atoms with Gasteiger partial charge in [0.1, 0.15) is 26.5 Å². The second-order valence-corrected chi connectivity index (χ2v) is 3.88. The first-order valence-corrected chi connectivity index (χ1v) is 5.05. The van der Waals surface area contributed by atoms with Crippen molar-refractivity contribution in [2.24, 2.45) is 5.41 Å². The summed E-state index contributed by atoms with van der Waals surface area (Å²) in [7, 11) is 2.01. The number of hydrogen-bond acceptors (Lipinski definition) is 5. The normalized spacial score (nSPS) is 18.9. The van der Waals surface area contributed by atoms with Gasteiger partial charge in [-0.1, -0.05) is 6.32 Å². The molecule has 0 radical (unpaired) electrons. The van der Waals surface area contributed by atoms with Gasteiger partial charge in [-0.15, -0.1) is 0 Å². The highest BCUT2D eigenvalue weighted by atomic mass is 16.7. The van der Waals surface area contributed by atoms with Gasteiger partial charge in [0.05, 0.1) is 6.61 Å². The van der Waals surface area contributed by atoms with Crippen LogP contribution in [0.3, 0.4) is 0 Å². The number of ether oxygens (including phenoxy) is 3. The summed E-state index contributed by atoms with van der Waals surface area (Å²) in [6.45, 7) is 2.11. The molecule has 1 aliphatic rings. The Kier molecular flexibility index (Phi) is 4.00. The van der Waals surface area contributed by atoms with Crippen LogP contribution in [0.25, 0.3) is 0 Å². The Hall–Kier alpha value is -1.20. The zero-order valence-corrected chi connectivity index (χ0v) is 9.08. The summed E-state index contributed by atoms with van der Waals surface area (Å²) in [6.07, 6.45) is 1.08. The van der Waals surface area contributed by atoms with Crippen molar-refractivity contribution in [2.45, 2.75) is 19.7 Å². The van der Waals surface area contributed by atoms with E-state index in [0.717, 1.165) is 12.7 Å². The zero-order chi connectivity index (χ0) is 11.3. The van der Waals surface area contributed by atoms with E-state index in [1.54, 1.807) is 6.92 Å². The van der Waals surface area contributed by atoms with Crippen LogP contribution in [0, 0.1) is 5.41 Å². The highest BCUT2D eigenvalue weighted by Crippen LogP contribution is 2.24. The summed E-state index contributed by atoms with van der Waals surface area (Å²) < 4.78 is 14.4. The predicted molar refractivity (Wildman–Crippen MR) is 54.3 cm³/mol. The molecule has 1 saturated heterocycles. The minimum absolute atomic E-state index is 0.0246. The lowest BCUT2D eigenvalue weighted by Gasteiger charge is -2.29. The Balaban J connectivity index is 2.40. The molecule has 0 saturated carbocycles. The molecule has 0 unspecified atom stereocenters. The molecule has 1 fully saturated rings. The largest absolute Gasteiger partial charge is 0.508 e. The van der Waals surface area contributed by atoms with Crippen molar-refractivity contribution < 1.29 is 23.8 Å². The Bertz CT molecular complexity index is 243. The maximum absolute atomic E-state index is 11.6. The summed E-state index contributed by atoms with van der Waals surface area (Å²) in [5, 5.41) is 0. The molecule has 0 N–H and O–H groups in total. The third-order valence-electron chi connectivity index (χ3n) is 2.24. The second kappa shape index (κ2) is 5.05. The lowest BCUT2D eigenvalue weighted by molar-refractivity contribution is -0.166. The Morgan fingerprint density at radius 1 is 1.53 bits per heavy atom. The van der Waals surface area contributed by atoms with E-state index in [4.69, 9.17) is 4.74 Å². The first kappa shape index (κ1) is 11.9. The van der Waals surface area contributed by atoms with Crippen molar-refractivity contribution in [3.63, 3.8) is 0 Å². The van der Waals surface area contributed by atoms with Gasteiger partial charge in [-0.25, -0.2) is 4.79 Å². The third-order valence-corrected chi connectivity index (χ3v) is 2.24. The van der Waals surface area contributed by atoms with Gasteiger partial charge >= 0.3 is 12.1 Å². The summed E-state index contributed by atoms with van der Waals surface area (Å²) in [6, 6.07) is 0. The monoisotopic (exact) mass is 214 g/mol. The summed E-state index contributed by atoms with van der Waals surface area (Å²) in [5.74, 6) is -0.372. The van der Waals surface area contributed by atoms with Crippen molar-refractivity contribution >= 4 is 20.0 Å². The molecule has 1 heterocycles. The van der Waals surface area contributed by atoms with Crippen LogP contribution in [0.15, 0.2) is 0 Å². The molecule has 1 aliphatic heterocycles. The Morgan fingerprint density at radius 3 is 2.67 bits per heavy atom. The van der Waals surface area contributed by atoms with Crippen molar-refractivity contribution in [1.82, 2.24) is 0 Å². The maximum Gasteiger partial charge on any atom is 0.508 e. The molecule has 0 aromatic carbocycles. The topological polar surface area (TPSA) is 61.8 Å². The number of esters is 1. The molecule has 0 aromatic heterocycles. The van der Waals surface area contributed by atoms with Crippen molar-refractivity contribution in [2.75, 3.05) is 19.8 Å². The van der Waals surface area contributed by atoms with Crippen LogP contribution in [-0.2, 0) is 19.0 Å². The average Bonchev–Trinajstić information content (AvgIpc) is 2.23. The van der Waals surface area contributed by atoms with Crippen molar-refractivity contribution in [1.29, 1.82) is 0 Å². The highest BCUT2D eigenvalue weighted by molar-refractivity contribution is 6.08. The van der Waals surface area contributed by atoms with Crippen LogP contribution in [0.2, 0.25) is 6.32 Å². The number of carbonyl (C=O) groups is 2. The zero-order valence-electron chi connectivity index (χ0n) is 9.08. The standard InChI is InChI=1S/C9H15BO5/c1-9(5-14-8(12)15-6-9)7(11)13-4-2-3-10/h2-6,10H2,1H3. The fourth-order valence-corrected chi connectivity index (χ4v) is 1.12. The van der Waals surface area contributed by atoms with E-state index in [-0.39, 0.29) is 19.2 Å². The molecule has 0 spiro atoms. The lowest BCUT2D eigenvalue weighted by Crippen LogP contribution is -2.44. The molecule has 5 nitrogen and oxygen atoms in total. The first-order valence-electron chi connectivity index (χ1n) is 5.05. The van der Waals surface area contributed by atoms with Gasteiger partial charge in [-0.2, -0.15) is 0 Å². The van der Waals surface area contributed by atoms with Crippen molar-refractivity contribution in [3.05, 3.63) is 0 Å². The lowest BCUT2D eigenvalue weighted by atomic mass is 9.92. The Morgan fingerprint density at radius 2 is 2.13 bits per heavy atom. The summed E-state index contributed by atoms with van der Waals surface area (Å²) >= 11 is 0. The van der Waals surface area contributed by atoms with Gasteiger partial charge in [0, 0.05) is 0 Å². The molecular weight excluding hydrogens is 199 g/mol. The molecule has 84 valence electrons. The fraction of sp³-hybridized carbons (Fsp3) is 0.778. The van der Waals surface area contributed by atoms with Gasteiger partial charge in [0.25, 0.3) is 0 Å². The number of carbonyl (C=O) groups excluding carboxylic acids is 2. The van der Waals surface area contributed by atoms with E-state index >= 15 is 0 Å². The number of cyclic esters (lactones) is 2. The minimum atomic E-state index is -0.859. The molecule has 1 rings (SSSR count). The number of hydrogen-bond donors (Lipinski definition) is 0. The summed E-state index contributed by atoms with van der Waals surface area (Å²) in [4.78, 5) is 22.2. The fourth-order valence-electron chi connectivity index (χ4n) is 1.12. The van der Waals surface area contributed by atoms with Crippen LogP contribution in [-0.4, -0.2) is 39.8 Å². The highest BCUT2D eigenvalue weighted by Gasteiger charge is 2.41. The quantitative estimate of drug-likeness (QED) is 0.378. The van der Waals surface area contributed by atoms with Gasteiger partial charge < -0.3 is 14.2 Å².